The molecule has 1 aliphatic heterocycles. The molecule has 0 saturated carbocycles. The average Bonchev–Trinajstić information content (AvgIpc) is 3.07. The molecule has 1 saturated heterocycles. The Labute approximate surface area is 177 Å². The minimum Gasteiger partial charge on any atom is -0.399 e. The fraction of sp³-hybridized carbons (Fsp3) is 0.565. The highest BCUT2D eigenvalue weighted by Crippen LogP contribution is 2.36. The first-order chi connectivity index (χ1) is 13.4. The number of nitrogens with zero attached hydrogens (tertiary/aromatic N) is 1. The van der Waals surface area contributed by atoms with Gasteiger partial charge in [-0.3, -0.25) is 0 Å². The third-order valence-corrected chi connectivity index (χ3v) is 7.77. The molecule has 4 nitrogen and oxygen atoms in total. The second-order valence-corrected chi connectivity index (χ2v) is 16.0. The quantitative estimate of drug-likeness (QED) is 0.469. The Morgan fingerprint density at radius 1 is 0.966 bits per heavy atom. The van der Waals surface area contributed by atoms with Crippen LogP contribution in [0.1, 0.15) is 33.3 Å². The average molecular weight is 413 g/mol. The Bertz CT molecular complexity index is 821. The van der Waals surface area contributed by atoms with Gasteiger partial charge in [-0.2, -0.15) is 0 Å². The van der Waals surface area contributed by atoms with E-state index in [1.54, 1.807) is 0 Å². The van der Waals surface area contributed by atoms with Gasteiger partial charge < -0.3 is 18.6 Å². The fourth-order valence-corrected chi connectivity index (χ4v) is 4.10. The van der Waals surface area contributed by atoms with E-state index in [1.807, 2.05) is 0 Å². The van der Waals surface area contributed by atoms with Crippen molar-refractivity contribution < 1.29 is 14.0 Å². The fourth-order valence-electron chi connectivity index (χ4n) is 3.35. The number of aromatic nitrogens is 1. The second kappa shape index (κ2) is 8.06. The van der Waals surface area contributed by atoms with Gasteiger partial charge in [0, 0.05) is 32.6 Å². The lowest BCUT2D eigenvalue weighted by molar-refractivity contribution is 0.00578. The molecule has 0 amide bonds. The highest BCUT2D eigenvalue weighted by Gasteiger charge is 2.51. The van der Waals surface area contributed by atoms with Crippen molar-refractivity contribution in [2.24, 2.45) is 0 Å². The van der Waals surface area contributed by atoms with E-state index in [1.165, 1.54) is 22.7 Å². The van der Waals surface area contributed by atoms with Gasteiger partial charge in [-0.15, -0.1) is 0 Å². The van der Waals surface area contributed by atoms with E-state index in [0.29, 0.717) is 6.73 Å². The normalized spacial score (nSPS) is 18.4. The molecule has 0 radical (unpaired) electrons. The molecule has 0 atom stereocenters. The van der Waals surface area contributed by atoms with Gasteiger partial charge in [-0.05, 0) is 57.3 Å². The van der Waals surface area contributed by atoms with E-state index >= 15 is 0 Å². The van der Waals surface area contributed by atoms with Crippen molar-refractivity contribution in [3.63, 3.8) is 0 Å². The Hall–Kier alpha value is -1.34. The molecule has 0 unspecified atom stereocenters. The first-order valence-electron chi connectivity index (χ1n) is 10.6. The van der Waals surface area contributed by atoms with Crippen molar-refractivity contribution in [2.75, 3.05) is 6.61 Å². The highest BCUT2D eigenvalue weighted by atomic mass is 28.3. The highest BCUT2D eigenvalue weighted by molar-refractivity contribution is 6.76. The molecule has 1 aliphatic rings. The van der Waals surface area contributed by atoms with Crippen molar-refractivity contribution in [2.45, 2.75) is 78.2 Å². The lowest BCUT2D eigenvalue weighted by Gasteiger charge is -2.32. The van der Waals surface area contributed by atoms with E-state index in [0.717, 1.165) is 12.1 Å². The summed E-state index contributed by atoms with van der Waals surface area (Å²) in [7, 11) is -1.36. The zero-order valence-electron chi connectivity index (χ0n) is 19.3. The van der Waals surface area contributed by atoms with E-state index < -0.39 is 8.07 Å². The number of rotatable bonds is 7. The van der Waals surface area contributed by atoms with Gasteiger partial charge in [0.1, 0.15) is 6.73 Å². The van der Waals surface area contributed by atoms with Gasteiger partial charge in [0.05, 0.1) is 11.2 Å². The maximum Gasteiger partial charge on any atom is 0.494 e. The summed E-state index contributed by atoms with van der Waals surface area (Å²) in [6.07, 6.45) is 4.33. The number of hydrogen-bond donors (Lipinski definition) is 0. The third kappa shape index (κ3) is 5.23. The van der Waals surface area contributed by atoms with Crippen molar-refractivity contribution in [1.82, 2.24) is 4.57 Å². The van der Waals surface area contributed by atoms with Gasteiger partial charge in [-0.25, -0.2) is 0 Å². The predicted molar refractivity (Wildman–Crippen MR) is 124 cm³/mol. The van der Waals surface area contributed by atoms with Gasteiger partial charge in [0.15, 0.2) is 0 Å². The molecule has 0 bridgehead atoms. The summed E-state index contributed by atoms with van der Waals surface area (Å²) in [4.78, 5) is 0. The summed E-state index contributed by atoms with van der Waals surface area (Å²) in [5.41, 5.74) is 4.10. The van der Waals surface area contributed by atoms with Crippen molar-refractivity contribution in [3.8, 4) is 11.1 Å². The summed E-state index contributed by atoms with van der Waals surface area (Å²) in [6.45, 7) is 19.1. The van der Waals surface area contributed by atoms with Crippen LogP contribution < -0.4 is 5.46 Å². The zero-order valence-corrected chi connectivity index (χ0v) is 20.3. The minimum atomic E-state index is -1.04. The van der Waals surface area contributed by atoms with Crippen LogP contribution >= 0.6 is 0 Å². The van der Waals surface area contributed by atoms with Gasteiger partial charge >= 0.3 is 7.12 Å². The first-order valence-corrected chi connectivity index (χ1v) is 14.3. The van der Waals surface area contributed by atoms with Crippen LogP contribution in [0.5, 0.6) is 0 Å². The Balaban J connectivity index is 1.65. The third-order valence-electron chi connectivity index (χ3n) is 6.06. The topological polar surface area (TPSA) is 32.6 Å². The Kier molecular flexibility index (Phi) is 6.21. The summed E-state index contributed by atoms with van der Waals surface area (Å²) < 4.78 is 20.4. The maximum absolute atomic E-state index is 6.16. The predicted octanol–water partition coefficient (Wildman–Crippen LogP) is 5.08. The largest absolute Gasteiger partial charge is 0.494 e. The van der Waals surface area contributed by atoms with Crippen LogP contribution in [0.2, 0.25) is 25.7 Å². The molecule has 2 aromatic rings. The molecule has 158 valence electrons. The minimum absolute atomic E-state index is 0.320. The molecule has 0 N–H and O–H groups in total. The first kappa shape index (κ1) is 22.3. The molecule has 1 aromatic carbocycles. The Morgan fingerprint density at radius 3 is 2.10 bits per heavy atom. The Morgan fingerprint density at radius 2 is 1.55 bits per heavy atom. The molecule has 29 heavy (non-hydrogen) atoms. The number of hydrogen-bond acceptors (Lipinski definition) is 3. The van der Waals surface area contributed by atoms with E-state index in [-0.39, 0.29) is 18.3 Å². The molecule has 0 spiro atoms. The van der Waals surface area contributed by atoms with E-state index in [4.69, 9.17) is 14.0 Å². The summed E-state index contributed by atoms with van der Waals surface area (Å²) >= 11 is 0. The van der Waals surface area contributed by atoms with Crippen LogP contribution in [-0.2, 0) is 20.8 Å². The van der Waals surface area contributed by atoms with Gasteiger partial charge in [-0.1, -0.05) is 43.9 Å². The molecule has 6 heteroatoms. The molecular formula is C23H36BNO3Si. The maximum atomic E-state index is 6.16. The second-order valence-electron chi connectivity index (χ2n) is 10.4. The number of ether oxygens (including phenoxy) is 1. The van der Waals surface area contributed by atoms with Crippen LogP contribution in [0.4, 0.5) is 0 Å². The van der Waals surface area contributed by atoms with Gasteiger partial charge in [0.25, 0.3) is 0 Å². The summed E-state index contributed by atoms with van der Waals surface area (Å²) in [5, 5.41) is 0. The van der Waals surface area contributed by atoms with Crippen LogP contribution in [0, 0.1) is 6.92 Å². The van der Waals surface area contributed by atoms with E-state index in [2.05, 4.69) is 95.5 Å². The smallest absolute Gasteiger partial charge is 0.399 e. The van der Waals surface area contributed by atoms with Crippen LogP contribution in [0.3, 0.4) is 0 Å². The lowest BCUT2D eigenvalue weighted by atomic mass is 9.78. The molecule has 0 aliphatic carbocycles. The van der Waals surface area contributed by atoms with Crippen LogP contribution in [-0.4, -0.2) is 37.6 Å². The SMILES string of the molecule is Cc1cn(COCC[Si](C)(C)C)cc1-c1ccc(B2OC(C)(C)C(C)(C)O2)cc1. The lowest BCUT2D eigenvalue weighted by Crippen LogP contribution is -2.41. The van der Waals surface area contributed by atoms with Gasteiger partial charge in [0.2, 0.25) is 0 Å². The standard InChI is InChI=1S/C23H36BNO3Si/c1-18-15-25(17-26-13-14-29(6,7)8)16-21(18)19-9-11-20(12-10-19)24-27-22(2,3)23(4,5)28-24/h9-12,15-16H,13-14,17H2,1-8H3. The monoisotopic (exact) mass is 413 g/mol. The molecular weight excluding hydrogens is 377 g/mol. The van der Waals surface area contributed by atoms with Crippen molar-refractivity contribution in [3.05, 3.63) is 42.2 Å². The van der Waals surface area contributed by atoms with Crippen molar-refractivity contribution in [1.29, 1.82) is 0 Å². The molecule has 1 fully saturated rings. The molecule has 3 rings (SSSR count). The zero-order chi connectivity index (χ0) is 21.4. The van der Waals surface area contributed by atoms with E-state index in [9.17, 15) is 0 Å². The number of aryl methyl sites for hydroxylation is 1. The van der Waals surface area contributed by atoms with Crippen LogP contribution in [0.25, 0.3) is 11.1 Å². The summed E-state index contributed by atoms with van der Waals surface area (Å²) in [6, 6.07) is 9.72. The summed E-state index contributed by atoms with van der Waals surface area (Å²) in [5.74, 6) is 0. The molecule has 1 aromatic heterocycles. The van der Waals surface area contributed by atoms with Crippen LogP contribution in [0.15, 0.2) is 36.7 Å². The number of benzene rings is 1. The molecule has 2 heterocycles. The van der Waals surface area contributed by atoms with Crippen molar-refractivity contribution >= 4 is 20.7 Å².